The van der Waals surface area contributed by atoms with Crippen molar-refractivity contribution in [2.45, 2.75) is 71.2 Å². The Morgan fingerprint density at radius 2 is 1.91 bits per heavy atom. The van der Waals surface area contributed by atoms with Crippen LogP contribution in [0.2, 0.25) is 0 Å². The molecule has 4 heteroatoms. The van der Waals surface area contributed by atoms with Crippen molar-refractivity contribution < 1.29 is 19.3 Å². The number of aliphatic hydroxyl groups is 1. The van der Waals surface area contributed by atoms with Crippen LogP contribution in [0.3, 0.4) is 0 Å². The van der Waals surface area contributed by atoms with Gasteiger partial charge < -0.3 is 19.3 Å². The van der Waals surface area contributed by atoms with E-state index < -0.39 is 0 Å². The Morgan fingerprint density at radius 1 is 1.17 bits per heavy atom. The van der Waals surface area contributed by atoms with Crippen molar-refractivity contribution >= 4 is 0 Å². The number of fused-ring (bicyclic) bond motifs is 1. The van der Waals surface area contributed by atoms with E-state index in [4.69, 9.17) is 14.2 Å². The summed E-state index contributed by atoms with van der Waals surface area (Å²) in [5.74, 6) is 1.75. The van der Waals surface area contributed by atoms with Crippen LogP contribution in [0, 0.1) is 6.92 Å². The zero-order valence-corrected chi connectivity index (χ0v) is 14.9. The molecular weight excluding hydrogens is 292 g/mol. The molecule has 1 aromatic carbocycles. The van der Waals surface area contributed by atoms with Gasteiger partial charge in [0.25, 0.3) is 0 Å². The average Bonchev–Trinajstić information content (AvgIpc) is 2.55. The topological polar surface area (TPSA) is 47.9 Å². The molecule has 1 heterocycles. The molecule has 0 saturated heterocycles. The van der Waals surface area contributed by atoms with Gasteiger partial charge in [0.05, 0.1) is 33.0 Å². The highest BCUT2D eigenvalue weighted by Gasteiger charge is 2.25. The van der Waals surface area contributed by atoms with Crippen LogP contribution in [-0.4, -0.2) is 31.5 Å². The quantitative estimate of drug-likeness (QED) is 0.740. The second-order valence-corrected chi connectivity index (χ2v) is 6.49. The zero-order valence-electron chi connectivity index (χ0n) is 14.9. The van der Waals surface area contributed by atoms with E-state index in [9.17, 15) is 5.11 Å². The first-order valence-electron chi connectivity index (χ1n) is 8.59. The van der Waals surface area contributed by atoms with Crippen LogP contribution in [0.1, 0.15) is 55.7 Å². The number of ether oxygens (including phenoxy) is 3. The lowest BCUT2D eigenvalue weighted by molar-refractivity contribution is 0.0200. The molecule has 0 saturated carbocycles. The smallest absolute Gasteiger partial charge is 0.128 e. The van der Waals surface area contributed by atoms with E-state index in [1.165, 1.54) is 11.1 Å². The van der Waals surface area contributed by atoms with E-state index in [1.54, 1.807) is 14.2 Å². The molecule has 0 spiro atoms. The molecule has 1 aromatic rings. The molecule has 4 nitrogen and oxygen atoms in total. The molecule has 2 rings (SSSR count). The fourth-order valence-electron chi connectivity index (χ4n) is 3.33. The summed E-state index contributed by atoms with van der Waals surface area (Å²) in [6, 6.07) is 1.95. The van der Waals surface area contributed by atoms with Gasteiger partial charge in [0.15, 0.2) is 0 Å². The zero-order chi connectivity index (χ0) is 16.8. The maximum Gasteiger partial charge on any atom is 0.128 e. The molecule has 0 unspecified atom stereocenters. The Labute approximate surface area is 139 Å². The first-order chi connectivity index (χ1) is 11.1. The number of unbranched alkanes of at least 4 members (excludes halogenated alkanes) is 2. The number of benzene rings is 1. The number of hydrogen-bond acceptors (Lipinski definition) is 4. The van der Waals surface area contributed by atoms with Crippen LogP contribution in [0.4, 0.5) is 0 Å². The molecule has 1 aliphatic rings. The van der Waals surface area contributed by atoms with Crippen LogP contribution in [0.5, 0.6) is 11.5 Å². The maximum atomic E-state index is 9.29. The van der Waals surface area contributed by atoms with Crippen molar-refractivity contribution in [1.29, 1.82) is 0 Å². The summed E-state index contributed by atoms with van der Waals surface area (Å²) in [6.45, 7) is 4.58. The summed E-state index contributed by atoms with van der Waals surface area (Å²) in [4.78, 5) is 0. The van der Waals surface area contributed by atoms with Gasteiger partial charge in [0, 0.05) is 11.6 Å². The van der Waals surface area contributed by atoms with Crippen LogP contribution in [-0.2, 0) is 17.8 Å². The van der Waals surface area contributed by atoms with Gasteiger partial charge in [-0.05, 0) is 44.2 Å². The minimum atomic E-state index is -0.185. The summed E-state index contributed by atoms with van der Waals surface area (Å²) >= 11 is 0. The van der Waals surface area contributed by atoms with Crippen molar-refractivity contribution in [2.24, 2.45) is 0 Å². The Bertz CT molecular complexity index is 511. The summed E-state index contributed by atoms with van der Waals surface area (Å²) in [7, 11) is 3.39. The molecule has 1 N–H and O–H groups in total. The summed E-state index contributed by atoms with van der Waals surface area (Å²) in [5.41, 5.74) is 3.68. The van der Waals surface area contributed by atoms with Crippen LogP contribution < -0.4 is 9.47 Å². The lowest BCUT2D eigenvalue weighted by Gasteiger charge is -2.29. The number of rotatable bonds is 8. The molecule has 0 aromatic heterocycles. The minimum absolute atomic E-state index is 0.185. The molecule has 1 aliphatic heterocycles. The number of methoxy groups -OCH3 is 2. The van der Waals surface area contributed by atoms with Crippen LogP contribution >= 0.6 is 0 Å². The SMILES string of the molecule is COc1cc(OC)c2c(c1C)C[C@@H](CCCCC[C@@H](C)O)OC2. The van der Waals surface area contributed by atoms with E-state index in [1.807, 2.05) is 13.0 Å². The lowest BCUT2D eigenvalue weighted by atomic mass is 9.91. The predicted molar refractivity (Wildman–Crippen MR) is 91.3 cm³/mol. The molecular formula is C19H30O4. The standard InChI is InChI=1S/C19H30O4/c1-13(20)8-6-5-7-9-15-10-16-14(2)18(21-3)11-19(22-4)17(16)12-23-15/h11,13,15,20H,5-10,12H2,1-4H3/t13-,15-/m1/s1. The largest absolute Gasteiger partial charge is 0.496 e. The van der Waals surface area contributed by atoms with E-state index in [0.29, 0.717) is 6.61 Å². The molecule has 23 heavy (non-hydrogen) atoms. The fourth-order valence-corrected chi connectivity index (χ4v) is 3.33. The highest BCUT2D eigenvalue weighted by atomic mass is 16.5. The van der Waals surface area contributed by atoms with Gasteiger partial charge in [-0.2, -0.15) is 0 Å². The highest BCUT2D eigenvalue weighted by Crippen LogP contribution is 2.37. The monoisotopic (exact) mass is 322 g/mol. The number of aliphatic hydroxyl groups excluding tert-OH is 1. The predicted octanol–water partition coefficient (Wildman–Crippen LogP) is 3.78. The Hall–Kier alpha value is -1.26. The molecule has 130 valence electrons. The van der Waals surface area contributed by atoms with Gasteiger partial charge in [-0.3, -0.25) is 0 Å². The molecule has 2 atom stereocenters. The average molecular weight is 322 g/mol. The molecule has 0 radical (unpaired) electrons. The van der Waals surface area contributed by atoms with Crippen molar-refractivity contribution in [2.75, 3.05) is 14.2 Å². The van der Waals surface area contributed by atoms with Gasteiger partial charge in [0.2, 0.25) is 0 Å². The minimum Gasteiger partial charge on any atom is -0.496 e. The molecule has 0 fully saturated rings. The Morgan fingerprint density at radius 3 is 2.57 bits per heavy atom. The second kappa shape index (κ2) is 8.55. The Kier molecular flexibility index (Phi) is 6.72. The van der Waals surface area contributed by atoms with Gasteiger partial charge in [-0.25, -0.2) is 0 Å². The van der Waals surface area contributed by atoms with Crippen molar-refractivity contribution in [3.8, 4) is 11.5 Å². The third-order valence-electron chi connectivity index (χ3n) is 4.73. The summed E-state index contributed by atoms with van der Waals surface area (Å²) in [6.07, 6.45) is 6.34. The molecule has 0 amide bonds. The van der Waals surface area contributed by atoms with Crippen molar-refractivity contribution in [3.05, 3.63) is 22.8 Å². The van der Waals surface area contributed by atoms with E-state index in [-0.39, 0.29) is 12.2 Å². The summed E-state index contributed by atoms with van der Waals surface area (Å²) in [5, 5.41) is 9.29. The fraction of sp³-hybridized carbons (Fsp3) is 0.684. The van der Waals surface area contributed by atoms with Crippen LogP contribution in [0.15, 0.2) is 6.07 Å². The van der Waals surface area contributed by atoms with Gasteiger partial charge in [-0.1, -0.05) is 19.3 Å². The van der Waals surface area contributed by atoms with E-state index in [0.717, 1.165) is 55.6 Å². The van der Waals surface area contributed by atoms with Crippen molar-refractivity contribution in [3.63, 3.8) is 0 Å². The van der Waals surface area contributed by atoms with Crippen molar-refractivity contribution in [1.82, 2.24) is 0 Å². The summed E-state index contributed by atoms with van der Waals surface area (Å²) < 4.78 is 17.0. The third kappa shape index (κ3) is 4.61. The lowest BCUT2D eigenvalue weighted by Crippen LogP contribution is -2.24. The normalized spacial score (nSPS) is 18.4. The second-order valence-electron chi connectivity index (χ2n) is 6.49. The van der Waals surface area contributed by atoms with Gasteiger partial charge >= 0.3 is 0 Å². The van der Waals surface area contributed by atoms with Gasteiger partial charge in [0.1, 0.15) is 11.5 Å². The van der Waals surface area contributed by atoms with E-state index in [2.05, 4.69) is 6.92 Å². The first-order valence-corrected chi connectivity index (χ1v) is 8.59. The first kappa shape index (κ1) is 18.1. The van der Waals surface area contributed by atoms with Crippen LogP contribution in [0.25, 0.3) is 0 Å². The maximum absolute atomic E-state index is 9.29. The molecule has 0 aliphatic carbocycles. The van der Waals surface area contributed by atoms with E-state index >= 15 is 0 Å². The Balaban J connectivity index is 1.97. The number of hydrogen-bond donors (Lipinski definition) is 1. The highest BCUT2D eigenvalue weighted by molar-refractivity contribution is 5.53. The molecule has 0 bridgehead atoms. The third-order valence-corrected chi connectivity index (χ3v) is 4.73. The van der Waals surface area contributed by atoms with Gasteiger partial charge in [-0.15, -0.1) is 0 Å².